The van der Waals surface area contributed by atoms with Gasteiger partial charge >= 0.3 is 0 Å². The van der Waals surface area contributed by atoms with E-state index in [1.807, 2.05) is 41.3 Å². The van der Waals surface area contributed by atoms with Gasteiger partial charge in [-0.25, -0.2) is 0 Å². The van der Waals surface area contributed by atoms with Gasteiger partial charge in [0.15, 0.2) is 0 Å². The van der Waals surface area contributed by atoms with Crippen molar-refractivity contribution in [3.63, 3.8) is 0 Å². The molecule has 0 radical (unpaired) electrons. The maximum atomic E-state index is 13.2. The number of carbonyl (C=O) groups is 1. The SMILES string of the molecule is COc1ccc(N2C(=O)c3ccc(C)cc3C3CCCCC32)cc1. The van der Waals surface area contributed by atoms with Crippen molar-refractivity contribution < 1.29 is 9.53 Å². The van der Waals surface area contributed by atoms with Crippen molar-refractivity contribution >= 4 is 11.6 Å². The van der Waals surface area contributed by atoms with Gasteiger partial charge in [-0.2, -0.15) is 0 Å². The molecule has 3 heteroatoms. The molecule has 1 aliphatic heterocycles. The topological polar surface area (TPSA) is 29.5 Å². The molecule has 2 atom stereocenters. The molecule has 0 saturated heterocycles. The van der Waals surface area contributed by atoms with Crippen LogP contribution < -0.4 is 9.64 Å². The molecule has 0 aromatic heterocycles. The first-order chi connectivity index (χ1) is 11.7. The number of carbonyl (C=O) groups excluding carboxylic acids is 1. The maximum absolute atomic E-state index is 13.2. The minimum atomic E-state index is 0.137. The molecule has 1 saturated carbocycles. The lowest BCUT2D eigenvalue weighted by molar-refractivity contribution is 0.0951. The first kappa shape index (κ1) is 15.3. The van der Waals surface area contributed by atoms with Crippen LogP contribution in [-0.2, 0) is 0 Å². The summed E-state index contributed by atoms with van der Waals surface area (Å²) in [6.07, 6.45) is 4.69. The highest BCUT2D eigenvalue weighted by atomic mass is 16.5. The molecule has 1 amide bonds. The molecule has 4 rings (SSSR count). The van der Waals surface area contributed by atoms with E-state index in [2.05, 4.69) is 13.0 Å². The van der Waals surface area contributed by atoms with Gasteiger partial charge in [0.05, 0.1) is 7.11 Å². The van der Waals surface area contributed by atoms with Crippen LogP contribution in [0.3, 0.4) is 0 Å². The summed E-state index contributed by atoms with van der Waals surface area (Å²) in [5.41, 5.74) is 4.35. The second-order valence-corrected chi connectivity index (χ2v) is 6.92. The second-order valence-electron chi connectivity index (χ2n) is 6.92. The maximum Gasteiger partial charge on any atom is 0.258 e. The van der Waals surface area contributed by atoms with Crippen LogP contribution >= 0.6 is 0 Å². The van der Waals surface area contributed by atoms with Crippen molar-refractivity contribution in [2.24, 2.45) is 0 Å². The Labute approximate surface area is 143 Å². The quantitative estimate of drug-likeness (QED) is 0.803. The van der Waals surface area contributed by atoms with Crippen molar-refractivity contribution in [1.29, 1.82) is 0 Å². The number of fused-ring (bicyclic) bond motifs is 3. The summed E-state index contributed by atoms with van der Waals surface area (Å²) in [6, 6.07) is 14.4. The Morgan fingerprint density at radius 3 is 2.54 bits per heavy atom. The highest BCUT2D eigenvalue weighted by molar-refractivity contribution is 6.09. The zero-order chi connectivity index (χ0) is 16.7. The lowest BCUT2D eigenvalue weighted by Gasteiger charge is -2.45. The average molecular weight is 321 g/mol. The molecule has 1 aliphatic carbocycles. The molecule has 2 unspecified atom stereocenters. The molecular weight excluding hydrogens is 298 g/mol. The largest absolute Gasteiger partial charge is 0.497 e. The van der Waals surface area contributed by atoms with E-state index in [-0.39, 0.29) is 11.9 Å². The fourth-order valence-electron chi connectivity index (χ4n) is 4.30. The molecular formula is C21H23NO2. The van der Waals surface area contributed by atoms with E-state index < -0.39 is 0 Å². The van der Waals surface area contributed by atoms with E-state index in [9.17, 15) is 4.79 Å². The predicted molar refractivity (Wildman–Crippen MR) is 96.0 cm³/mol. The Morgan fingerprint density at radius 1 is 1.04 bits per heavy atom. The number of rotatable bonds is 2. The molecule has 24 heavy (non-hydrogen) atoms. The molecule has 2 aromatic carbocycles. The summed E-state index contributed by atoms with van der Waals surface area (Å²) < 4.78 is 5.26. The third-order valence-electron chi connectivity index (χ3n) is 5.47. The fraction of sp³-hybridized carbons (Fsp3) is 0.381. The van der Waals surface area contributed by atoms with Crippen molar-refractivity contribution in [3.05, 3.63) is 59.2 Å². The monoisotopic (exact) mass is 321 g/mol. The zero-order valence-electron chi connectivity index (χ0n) is 14.3. The molecule has 0 bridgehead atoms. The summed E-state index contributed by atoms with van der Waals surface area (Å²) in [4.78, 5) is 15.3. The summed E-state index contributed by atoms with van der Waals surface area (Å²) in [5.74, 6) is 1.41. The minimum Gasteiger partial charge on any atom is -0.497 e. The van der Waals surface area contributed by atoms with Crippen LogP contribution in [0, 0.1) is 6.92 Å². The highest BCUT2D eigenvalue weighted by Crippen LogP contribution is 2.44. The van der Waals surface area contributed by atoms with E-state index in [0.29, 0.717) is 5.92 Å². The number of anilines is 1. The smallest absolute Gasteiger partial charge is 0.258 e. The van der Waals surface area contributed by atoms with Crippen LogP contribution in [0.1, 0.15) is 53.1 Å². The number of nitrogens with zero attached hydrogens (tertiary/aromatic N) is 1. The van der Waals surface area contributed by atoms with Crippen LogP contribution in [-0.4, -0.2) is 19.1 Å². The van der Waals surface area contributed by atoms with Gasteiger partial charge in [0.25, 0.3) is 5.91 Å². The van der Waals surface area contributed by atoms with Gasteiger partial charge in [-0.15, -0.1) is 0 Å². The fourth-order valence-corrected chi connectivity index (χ4v) is 4.30. The lowest BCUT2D eigenvalue weighted by atomic mass is 9.74. The predicted octanol–water partition coefficient (Wildman–Crippen LogP) is 4.69. The van der Waals surface area contributed by atoms with Crippen LogP contribution in [0.4, 0.5) is 5.69 Å². The number of hydrogen-bond acceptors (Lipinski definition) is 2. The summed E-state index contributed by atoms with van der Waals surface area (Å²) in [7, 11) is 1.66. The average Bonchev–Trinajstić information content (AvgIpc) is 2.62. The Hall–Kier alpha value is -2.29. The summed E-state index contributed by atoms with van der Waals surface area (Å²) in [5, 5.41) is 0. The third-order valence-corrected chi connectivity index (χ3v) is 5.47. The Bertz CT molecular complexity index is 766. The van der Waals surface area contributed by atoms with E-state index in [1.165, 1.54) is 30.4 Å². The van der Waals surface area contributed by atoms with Gasteiger partial charge < -0.3 is 9.64 Å². The number of methoxy groups -OCH3 is 1. The summed E-state index contributed by atoms with van der Waals surface area (Å²) in [6.45, 7) is 2.11. The van der Waals surface area contributed by atoms with E-state index >= 15 is 0 Å². The molecule has 124 valence electrons. The van der Waals surface area contributed by atoms with Gasteiger partial charge in [-0.05, 0) is 55.7 Å². The molecule has 0 N–H and O–H groups in total. The van der Waals surface area contributed by atoms with Crippen LogP contribution in [0.15, 0.2) is 42.5 Å². The molecule has 3 nitrogen and oxygen atoms in total. The normalized spacial score (nSPS) is 22.8. The Balaban J connectivity index is 1.81. The van der Waals surface area contributed by atoms with Crippen molar-refractivity contribution in [2.75, 3.05) is 12.0 Å². The van der Waals surface area contributed by atoms with Gasteiger partial charge in [-0.3, -0.25) is 4.79 Å². The van der Waals surface area contributed by atoms with Gasteiger partial charge in [0.1, 0.15) is 5.75 Å². The number of aryl methyl sites for hydroxylation is 1. The number of ether oxygens (including phenoxy) is 1. The van der Waals surface area contributed by atoms with Crippen LogP contribution in [0.2, 0.25) is 0 Å². The first-order valence-corrected chi connectivity index (χ1v) is 8.77. The molecule has 1 fully saturated rings. The molecule has 2 aliphatic rings. The van der Waals surface area contributed by atoms with Crippen LogP contribution in [0.25, 0.3) is 0 Å². The highest BCUT2D eigenvalue weighted by Gasteiger charge is 2.41. The second kappa shape index (κ2) is 5.97. The standard InChI is InChI=1S/C21H23NO2/c1-14-7-12-18-19(13-14)17-5-3-4-6-20(17)22(21(18)23)15-8-10-16(24-2)11-9-15/h7-13,17,20H,3-6H2,1-2H3. The van der Waals surface area contributed by atoms with E-state index in [1.54, 1.807) is 7.11 Å². The van der Waals surface area contributed by atoms with Gasteiger partial charge in [-0.1, -0.05) is 30.5 Å². The number of hydrogen-bond donors (Lipinski definition) is 0. The molecule has 2 aromatic rings. The van der Waals surface area contributed by atoms with Gasteiger partial charge in [0.2, 0.25) is 0 Å². The van der Waals surface area contributed by atoms with Gasteiger partial charge in [0, 0.05) is 23.2 Å². The Kier molecular flexibility index (Phi) is 3.79. The first-order valence-electron chi connectivity index (χ1n) is 8.77. The number of amides is 1. The van der Waals surface area contributed by atoms with Crippen molar-refractivity contribution in [2.45, 2.75) is 44.6 Å². The zero-order valence-corrected chi connectivity index (χ0v) is 14.3. The lowest BCUT2D eigenvalue weighted by Crippen LogP contribution is -2.49. The third kappa shape index (κ3) is 2.39. The summed E-state index contributed by atoms with van der Waals surface area (Å²) >= 11 is 0. The van der Waals surface area contributed by atoms with Crippen molar-refractivity contribution in [1.82, 2.24) is 0 Å². The number of benzene rings is 2. The molecule has 0 spiro atoms. The van der Waals surface area contributed by atoms with E-state index in [4.69, 9.17) is 4.74 Å². The van der Waals surface area contributed by atoms with Crippen molar-refractivity contribution in [3.8, 4) is 5.75 Å². The minimum absolute atomic E-state index is 0.137. The molecule has 1 heterocycles. The Morgan fingerprint density at radius 2 is 1.79 bits per heavy atom. The van der Waals surface area contributed by atoms with Crippen LogP contribution in [0.5, 0.6) is 5.75 Å². The van der Waals surface area contributed by atoms with E-state index in [0.717, 1.165) is 23.4 Å².